The summed E-state index contributed by atoms with van der Waals surface area (Å²) in [5, 5.41) is 1.23. The Bertz CT molecular complexity index is 1460. The Kier molecular flexibility index (Phi) is 8.76. The van der Waals surface area contributed by atoms with Crippen molar-refractivity contribution in [2.24, 2.45) is 0 Å². The number of thioether (sulfide) groups is 1. The largest absolute Gasteiger partial charge is 0.493 e. The minimum Gasteiger partial charge on any atom is -0.493 e. The van der Waals surface area contributed by atoms with Crippen molar-refractivity contribution in [3.05, 3.63) is 58.4 Å². The Hall–Kier alpha value is -3.04. The number of aryl methyl sites for hydroxylation is 1. The van der Waals surface area contributed by atoms with Crippen molar-refractivity contribution in [1.82, 2.24) is 14.5 Å². The third-order valence-corrected chi connectivity index (χ3v) is 8.98. The number of methoxy groups -OCH3 is 2. The van der Waals surface area contributed by atoms with Crippen molar-refractivity contribution in [1.29, 1.82) is 0 Å². The zero-order valence-corrected chi connectivity index (χ0v) is 23.6. The zero-order chi connectivity index (χ0) is 26.5. The third kappa shape index (κ3) is 5.48. The lowest BCUT2D eigenvalue weighted by Gasteiger charge is -2.24. The lowest BCUT2D eigenvalue weighted by Crippen LogP contribution is -2.37. The Morgan fingerprint density at radius 2 is 1.81 bits per heavy atom. The van der Waals surface area contributed by atoms with Crippen LogP contribution in [0, 0.1) is 0 Å². The second-order valence-corrected chi connectivity index (χ2v) is 10.8. The number of fused-ring (bicyclic) bond motifs is 3. The first-order valence-corrected chi connectivity index (χ1v) is 14.2. The fraction of sp³-hybridized carbons (Fsp3) is 0.393. The Morgan fingerprint density at radius 3 is 2.49 bits per heavy atom. The second-order valence-electron chi connectivity index (χ2n) is 8.59. The van der Waals surface area contributed by atoms with Crippen molar-refractivity contribution < 1.29 is 14.3 Å². The molecule has 0 N–H and O–H groups in total. The van der Waals surface area contributed by atoms with Crippen LogP contribution in [0.15, 0.2) is 52.4 Å². The highest BCUT2D eigenvalue weighted by Crippen LogP contribution is 2.34. The Morgan fingerprint density at radius 1 is 1.08 bits per heavy atom. The van der Waals surface area contributed by atoms with E-state index in [1.807, 2.05) is 68.1 Å². The maximum absolute atomic E-state index is 13.8. The predicted molar refractivity (Wildman–Crippen MR) is 152 cm³/mol. The van der Waals surface area contributed by atoms with Gasteiger partial charge in [-0.25, -0.2) is 4.98 Å². The van der Waals surface area contributed by atoms with E-state index < -0.39 is 0 Å². The van der Waals surface area contributed by atoms with Crippen LogP contribution in [0.4, 0.5) is 0 Å². The average Bonchev–Trinajstić information content (AvgIpc) is 3.30. The van der Waals surface area contributed by atoms with Crippen molar-refractivity contribution in [2.75, 3.05) is 27.3 Å². The molecule has 0 radical (unpaired) electrons. The standard InChI is InChI=1S/C28H33N3O4S2/c1-6-22(26(32)30(7-2)8-3)37-28-29-24-19-11-9-10-12-23(19)36-25(24)27(33)31(28)16-15-18-13-14-20(34-4)21(17-18)35-5/h9-14,17,22H,6-8,15-16H2,1-5H3/t22-/m0/s1. The normalized spacial score (nSPS) is 12.1. The molecule has 196 valence electrons. The van der Waals surface area contributed by atoms with E-state index in [9.17, 15) is 9.59 Å². The number of hydrogen-bond donors (Lipinski definition) is 0. The van der Waals surface area contributed by atoms with Crippen LogP contribution in [0.1, 0.15) is 32.8 Å². The number of carbonyl (C=O) groups is 1. The lowest BCUT2D eigenvalue weighted by molar-refractivity contribution is -0.130. The highest BCUT2D eigenvalue weighted by atomic mass is 32.2. The molecule has 4 rings (SSSR count). The highest BCUT2D eigenvalue weighted by molar-refractivity contribution is 8.00. The molecule has 0 saturated carbocycles. The van der Waals surface area contributed by atoms with Gasteiger partial charge in [0.25, 0.3) is 5.56 Å². The fourth-order valence-corrected chi connectivity index (χ4v) is 6.60. The highest BCUT2D eigenvalue weighted by Gasteiger charge is 2.26. The van der Waals surface area contributed by atoms with Gasteiger partial charge in [-0.15, -0.1) is 11.3 Å². The van der Waals surface area contributed by atoms with Gasteiger partial charge < -0.3 is 14.4 Å². The molecule has 2 heterocycles. The number of thiophene rings is 1. The van der Waals surface area contributed by atoms with E-state index >= 15 is 0 Å². The van der Waals surface area contributed by atoms with Crippen LogP contribution >= 0.6 is 23.1 Å². The monoisotopic (exact) mass is 539 g/mol. The number of nitrogens with zero attached hydrogens (tertiary/aromatic N) is 3. The molecular formula is C28H33N3O4S2. The number of amides is 1. The molecule has 2 aromatic carbocycles. The maximum atomic E-state index is 13.8. The molecule has 7 nitrogen and oxygen atoms in total. The van der Waals surface area contributed by atoms with Crippen LogP contribution in [0.3, 0.4) is 0 Å². The summed E-state index contributed by atoms with van der Waals surface area (Å²) in [7, 11) is 3.22. The van der Waals surface area contributed by atoms with Gasteiger partial charge in [-0.1, -0.05) is 43.0 Å². The summed E-state index contributed by atoms with van der Waals surface area (Å²) in [6.45, 7) is 7.72. The average molecular weight is 540 g/mol. The number of ether oxygens (including phenoxy) is 2. The number of aromatic nitrogens is 2. The topological polar surface area (TPSA) is 73.7 Å². The van der Waals surface area contributed by atoms with E-state index in [-0.39, 0.29) is 16.7 Å². The molecule has 0 unspecified atom stereocenters. The van der Waals surface area contributed by atoms with Crippen LogP contribution in [-0.2, 0) is 17.8 Å². The van der Waals surface area contributed by atoms with E-state index in [0.717, 1.165) is 15.6 Å². The van der Waals surface area contributed by atoms with Gasteiger partial charge in [-0.05, 0) is 50.5 Å². The van der Waals surface area contributed by atoms with E-state index in [1.165, 1.54) is 23.1 Å². The number of rotatable bonds is 11. The van der Waals surface area contributed by atoms with Gasteiger partial charge in [-0.2, -0.15) is 0 Å². The van der Waals surface area contributed by atoms with Gasteiger partial charge in [0.1, 0.15) is 4.70 Å². The molecule has 0 aliphatic rings. The first-order valence-electron chi connectivity index (χ1n) is 12.5. The minimum atomic E-state index is -0.318. The van der Waals surface area contributed by atoms with Crippen LogP contribution in [0.25, 0.3) is 20.3 Å². The molecule has 37 heavy (non-hydrogen) atoms. The SMILES string of the molecule is CC[C@H](Sc1nc2c(sc3ccccc32)c(=O)n1CCc1ccc(OC)c(OC)c1)C(=O)N(CC)CC. The molecule has 9 heteroatoms. The molecule has 4 aromatic rings. The quantitative estimate of drug-likeness (QED) is 0.182. The van der Waals surface area contributed by atoms with Gasteiger partial charge in [-0.3, -0.25) is 14.2 Å². The number of carbonyl (C=O) groups excluding carboxylic acids is 1. The summed E-state index contributed by atoms with van der Waals surface area (Å²) in [6.07, 6.45) is 1.25. The smallest absolute Gasteiger partial charge is 0.272 e. The van der Waals surface area contributed by atoms with Crippen LogP contribution in [-0.4, -0.2) is 52.9 Å². The molecule has 2 aromatic heterocycles. The molecule has 0 fully saturated rings. The third-order valence-electron chi connectivity index (χ3n) is 6.49. The molecular weight excluding hydrogens is 506 g/mol. The Balaban J connectivity index is 1.77. The van der Waals surface area contributed by atoms with Crippen LogP contribution in [0.5, 0.6) is 11.5 Å². The Labute approximate surface area is 225 Å². The number of hydrogen-bond acceptors (Lipinski definition) is 7. The summed E-state index contributed by atoms with van der Waals surface area (Å²) < 4.78 is 14.2. The van der Waals surface area contributed by atoms with Crippen molar-refractivity contribution in [3.63, 3.8) is 0 Å². The molecule has 0 aliphatic carbocycles. The fourth-order valence-electron chi connectivity index (χ4n) is 4.39. The molecule has 0 aliphatic heterocycles. The molecule has 0 saturated heterocycles. The van der Waals surface area contributed by atoms with Gasteiger partial charge in [0.2, 0.25) is 5.91 Å². The predicted octanol–water partition coefficient (Wildman–Crippen LogP) is 5.61. The van der Waals surface area contributed by atoms with E-state index in [2.05, 4.69) is 0 Å². The molecule has 0 spiro atoms. The minimum absolute atomic E-state index is 0.0701. The second kappa shape index (κ2) is 12.0. The maximum Gasteiger partial charge on any atom is 0.272 e. The number of benzene rings is 2. The first kappa shape index (κ1) is 27.0. The molecule has 0 bridgehead atoms. The van der Waals surface area contributed by atoms with E-state index in [0.29, 0.717) is 59.3 Å². The summed E-state index contributed by atoms with van der Waals surface area (Å²) in [6, 6.07) is 13.7. The van der Waals surface area contributed by atoms with Crippen LogP contribution in [0.2, 0.25) is 0 Å². The lowest BCUT2D eigenvalue weighted by atomic mass is 10.1. The summed E-state index contributed by atoms with van der Waals surface area (Å²) >= 11 is 2.86. The summed E-state index contributed by atoms with van der Waals surface area (Å²) in [5.41, 5.74) is 1.66. The first-order chi connectivity index (χ1) is 17.9. The van der Waals surface area contributed by atoms with Gasteiger partial charge in [0.05, 0.1) is 25.0 Å². The van der Waals surface area contributed by atoms with E-state index in [4.69, 9.17) is 14.5 Å². The van der Waals surface area contributed by atoms with Crippen molar-refractivity contribution in [2.45, 2.75) is 50.6 Å². The zero-order valence-electron chi connectivity index (χ0n) is 21.9. The summed E-state index contributed by atoms with van der Waals surface area (Å²) in [4.78, 5) is 33.9. The van der Waals surface area contributed by atoms with Gasteiger partial charge >= 0.3 is 0 Å². The van der Waals surface area contributed by atoms with E-state index in [1.54, 1.807) is 18.8 Å². The summed E-state index contributed by atoms with van der Waals surface area (Å²) in [5.74, 6) is 1.39. The van der Waals surface area contributed by atoms with Crippen molar-refractivity contribution >= 4 is 49.3 Å². The van der Waals surface area contributed by atoms with Gasteiger partial charge in [0, 0.05) is 29.7 Å². The molecule has 1 amide bonds. The van der Waals surface area contributed by atoms with Crippen LogP contribution < -0.4 is 15.0 Å². The molecule has 1 atom stereocenters. The van der Waals surface area contributed by atoms with Crippen molar-refractivity contribution in [3.8, 4) is 11.5 Å². The van der Waals surface area contributed by atoms with Gasteiger partial charge in [0.15, 0.2) is 16.7 Å².